The molecule has 0 saturated heterocycles. The van der Waals surface area contributed by atoms with E-state index in [4.69, 9.17) is 24.2 Å². The second-order valence-electron chi connectivity index (χ2n) is 4.98. The molecule has 0 spiro atoms. The van der Waals surface area contributed by atoms with Crippen LogP contribution in [-0.2, 0) is 9.47 Å². The van der Waals surface area contributed by atoms with Gasteiger partial charge in [0.05, 0.1) is 23.8 Å². The molecule has 0 saturated carbocycles. The van der Waals surface area contributed by atoms with Crippen LogP contribution in [0.25, 0.3) is 22.3 Å². The number of hydrogen-bond acceptors (Lipinski definition) is 5. The van der Waals surface area contributed by atoms with Gasteiger partial charge in [0.1, 0.15) is 11.4 Å². The molecular formula is C18H18N2O3. The van der Waals surface area contributed by atoms with Gasteiger partial charge in [-0.05, 0) is 36.4 Å². The van der Waals surface area contributed by atoms with Gasteiger partial charge in [-0.1, -0.05) is 12.1 Å². The third kappa shape index (κ3) is 3.02. The number of rotatable bonds is 5. The van der Waals surface area contributed by atoms with Crippen LogP contribution in [0.3, 0.4) is 0 Å². The van der Waals surface area contributed by atoms with Crippen molar-refractivity contribution in [3.8, 4) is 17.0 Å². The van der Waals surface area contributed by atoms with Crippen molar-refractivity contribution < 1.29 is 14.2 Å². The van der Waals surface area contributed by atoms with Crippen molar-refractivity contribution in [3.63, 3.8) is 0 Å². The second kappa shape index (κ2) is 6.73. The van der Waals surface area contributed by atoms with Crippen molar-refractivity contribution in [2.75, 3.05) is 21.3 Å². The van der Waals surface area contributed by atoms with E-state index in [1.165, 1.54) is 0 Å². The molecule has 5 heteroatoms. The Bertz CT molecular complexity index is 799. The summed E-state index contributed by atoms with van der Waals surface area (Å²) in [5, 5.41) is 0. The largest absolute Gasteiger partial charge is 0.497 e. The molecule has 0 aliphatic heterocycles. The van der Waals surface area contributed by atoms with Gasteiger partial charge >= 0.3 is 0 Å². The fourth-order valence-electron chi connectivity index (χ4n) is 2.46. The SMILES string of the molecule is COc1ccc(-c2nc3ccccc3nc2C(OC)OC)cc1. The summed E-state index contributed by atoms with van der Waals surface area (Å²) < 4.78 is 16.0. The van der Waals surface area contributed by atoms with E-state index in [-0.39, 0.29) is 0 Å². The molecular weight excluding hydrogens is 292 g/mol. The number of fused-ring (bicyclic) bond motifs is 1. The lowest BCUT2D eigenvalue weighted by molar-refractivity contribution is -0.108. The van der Waals surface area contributed by atoms with Crippen LogP contribution in [0.2, 0.25) is 0 Å². The summed E-state index contributed by atoms with van der Waals surface area (Å²) in [5.74, 6) is 0.791. The topological polar surface area (TPSA) is 53.5 Å². The first-order valence-electron chi connectivity index (χ1n) is 7.23. The number of aromatic nitrogens is 2. The summed E-state index contributed by atoms with van der Waals surface area (Å²) in [6.45, 7) is 0. The first-order valence-corrected chi connectivity index (χ1v) is 7.23. The molecule has 0 aliphatic rings. The Morgan fingerprint density at radius 3 is 1.96 bits per heavy atom. The number of para-hydroxylation sites is 2. The second-order valence-corrected chi connectivity index (χ2v) is 4.98. The molecule has 0 fully saturated rings. The van der Waals surface area contributed by atoms with E-state index in [2.05, 4.69) is 0 Å². The number of benzene rings is 2. The summed E-state index contributed by atoms with van der Waals surface area (Å²) in [7, 11) is 4.81. The summed E-state index contributed by atoms with van der Waals surface area (Å²) in [4.78, 5) is 9.45. The van der Waals surface area contributed by atoms with Gasteiger partial charge in [0.25, 0.3) is 0 Å². The van der Waals surface area contributed by atoms with Gasteiger partial charge in [-0.25, -0.2) is 9.97 Å². The molecule has 118 valence electrons. The van der Waals surface area contributed by atoms with Gasteiger partial charge < -0.3 is 14.2 Å². The Kier molecular flexibility index (Phi) is 4.50. The molecule has 3 aromatic rings. The van der Waals surface area contributed by atoms with Crippen molar-refractivity contribution >= 4 is 11.0 Å². The monoisotopic (exact) mass is 310 g/mol. The van der Waals surface area contributed by atoms with Crippen molar-refractivity contribution in [3.05, 3.63) is 54.2 Å². The zero-order chi connectivity index (χ0) is 16.2. The minimum atomic E-state index is -0.579. The molecule has 23 heavy (non-hydrogen) atoms. The van der Waals surface area contributed by atoms with Crippen LogP contribution in [0.15, 0.2) is 48.5 Å². The zero-order valence-electron chi connectivity index (χ0n) is 13.3. The minimum Gasteiger partial charge on any atom is -0.497 e. The molecule has 0 atom stereocenters. The Morgan fingerprint density at radius 2 is 1.39 bits per heavy atom. The Balaban J connectivity index is 2.20. The normalized spacial score (nSPS) is 11.1. The van der Waals surface area contributed by atoms with Crippen molar-refractivity contribution in [2.45, 2.75) is 6.29 Å². The van der Waals surface area contributed by atoms with E-state index in [0.29, 0.717) is 5.69 Å². The van der Waals surface area contributed by atoms with E-state index in [9.17, 15) is 0 Å². The fourth-order valence-corrected chi connectivity index (χ4v) is 2.46. The maximum absolute atomic E-state index is 5.39. The summed E-state index contributed by atoms with van der Waals surface area (Å²) in [6, 6.07) is 15.4. The third-order valence-electron chi connectivity index (χ3n) is 3.61. The molecule has 0 aliphatic carbocycles. The standard InChI is InChI=1S/C18H18N2O3/c1-21-13-10-8-12(9-11-13)16-17(18(22-2)23-3)20-15-7-5-4-6-14(15)19-16/h4-11,18H,1-3H3. The van der Waals surface area contributed by atoms with E-state index < -0.39 is 6.29 Å². The van der Waals surface area contributed by atoms with Crippen LogP contribution < -0.4 is 4.74 Å². The highest BCUT2D eigenvalue weighted by molar-refractivity contribution is 5.78. The van der Waals surface area contributed by atoms with Gasteiger partial charge in [0.15, 0.2) is 0 Å². The number of ether oxygens (including phenoxy) is 3. The molecule has 1 heterocycles. The molecule has 0 radical (unpaired) electrons. The van der Waals surface area contributed by atoms with Gasteiger partial charge in [-0.15, -0.1) is 0 Å². The first kappa shape index (κ1) is 15.4. The highest BCUT2D eigenvalue weighted by atomic mass is 16.7. The van der Waals surface area contributed by atoms with Crippen molar-refractivity contribution in [1.82, 2.24) is 9.97 Å². The average molecular weight is 310 g/mol. The third-order valence-corrected chi connectivity index (χ3v) is 3.61. The maximum Gasteiger partial charge on any atom is 0.202 e. The number of hydrogen-bond donors (Lipinski definition) is 0. The lowest BCUT2D eigenvalue weighted by Crippen LogP contribution is -2.09. The van der Waals surface area contributed by atoms with Gasteiger partial charge in [0, 0.05) is 19.8 Å². The molecule has 0 bridgehead atoms. The Hall–Kier alpha value is -2.50. The average Bonchev–Trinajstić information content (AvgIpc) is 2.62. The molecule has 0 N–H and O–H groups in total. The number of methoxy groups -OCH3 is 3. The zero-order valence-corrected chi connectivity index (χ0v) is 13.3. The number of nitrogens with zero attached hydrogens (tertiary/aromatic N) is 2. The van der Waals surface area contributed by atoms with Crippen molar-refractivity contribution in [2.24, 2.45) is 0 Å². The van der Waals surface area contributed by atoms with Crippen LogP contribution in [0, 0.1) is 0 Å². The summed E-state index contributed by atoms with van der Waals surface area (Å²) in [5.41, 5.74) is 3.95. The predicted molar refractivity (Wildman–Crippen MR) is 88.3 cm³/mol. The van der Waals surface area contributed by atoms with E-state index in [1.54, 1.807) is 21.3 Å². The van der Waals surface area contributed by atoms with Crippen LogP contribution in [0.5, 0.6) is 5.75 Å². The summed E-state index contributed by atoms with van der Waals surface area (Å²) >= 11 is 0. The molecule has 3 rings (SSSR count). The minimum absolute atomic E-state index is 0.579. The van der Waals surface area contributed by atoms with Gasteiger partial charge in [-0.3, -0.25) is 0 Å². The van der Waals surface area contributed by atoms with Crippen molar-refractivity contribution in [1.29, 1.82) is 0 Å². The maximum atomic E-state index is 5.39. The lowest BCUT2D eigenvalue weighted by Gasteiger charge is -2.17. The Labute approximate surface area is 134 Å². The van der Waals surface area contributed by atoms with Crippen LogP contribution in [0.4, 0.5) is 0 Å². The quantitative estimate of drug-likeness (QED) is 0.674. The highest BCUT2D eigenvalue weighted by Gasteiger charge is 2.19. The highest BCUT2D eigenvalue weighted by Crippen LogP contribution is 2.30. The molecule has 1 aromatic heterocycles. The molecule has 0 amide bonds. The molecule has 5 nitrogen and oxygen atoms in total. The van der Waals surface area contributed by atoms with E-state index >= 15 is 0 Å². The predicted octanol–water partition coefficient (Wildman–Crippen LogP) is 3.60. The van der Waals surface area contributed by atoms with Crippen LogP contribution in [-0.4, -0.2) is 31.3 Å². The molecule has 0 unspecified atom stereocenters. The van der Waals surface area contributed by atoms with E-state index in [0.717, 1.165) is 28.0 Å². The fraction of sp³-hybridized carbons (Fsp3) is 0.222. The lowest BCUT2D eigenvalue weighted by atomic mass is 10.1. The summed E-state index contributed by atoms with van der Waals surface area (Å²) in [6.07, 6.45) is -0.579. The first-order chi connectivity index (χ1) is 11.3. The van der Waals surface area contributed by atoms with Gasteiger partial charge in [-0.2, -0.15) is 0 Å². The van der Waals surface area contributed by atoms with Crippen LogP contribution >= 0.6 is 0 Å². The Morgan fingerprint density at radius 1 is 0.783 bits per heavy atom. The molecule has 2 aromatic carbocycles. The smallest absolute Gasteiger partial charge is 0.202 e. The van der Waals surface area contributed by atoms with E-state index in [1.807, 2.05) is 48.5 Å². The van der Waals surface area contributed by atoms with Gasteiger partial charge in [0.2, 0.25) is 6.29 Å². The van der Waals surface area contributed by atoms with Crippen LogP contribution in [0.1, 0.15) is 12.0 Å².